The van der Waals surface area contributed by atoms with Gasteiger partial charge in [-0.25, -0.2) is 0 Å². The van der Waals surface area contributed by atoms with Crippen molar-refractivity contribution in [2.45, 2.75) is 6.92 Å². The summed E-state index contributed by atoms with van der Waals surface area (Å²) in [5.74, 6) is -0.284. The number of para-hydroxylation sites is 1. The van der Waals surface area contributed by atoms with E-state index in [0.717, 1.165) is 22.2 Å². The lowest BCUT2D eigenvalue weighted by Gasteiger charge is -2.06. The van der Waals surface area contributed by atoms with Gasteiger partial charge in [-0.15, -0.1) is 0 Å². The van der Waals surface area contributed by atoms with E-state index in [1.807, 2.05) is 54.6 Å². The van der Waals surface area contributed by atoms with Gasteiger partial charge in [0.25, 0.3) is 5.91 Å². The van der Waals surface area contributed by atoms with Crippen LogP contribution in [0.2, 0.25) is 0 Å². The number of hydrogen-bond acceptors (Lipinski definition) is 3. The molecule has 0 radical (unpaired) electrons. The Labute approximate surface area is 151 Å². The highest BCUT2D eigenvalue weighted by Gasteiger charge is 2.05. The van der Waals surface area contributed by atoms with Crippen LogP contribution in [0.15, 0.2) is 48.5 Å². The minimum Gasteiger partial charge on any atom is -0.355 e. The number of benzene rings is 2. The molecule has 0 aliphatic carbocycles. The van der Waals surface area contributed by atoms with Crippen LogP contribution < -0.4 is 10.6 Å². The van der Waals surface area contributed by atoms with Crippen molar-refractivity contribution in [2.75, 3.05) is 13.1 Å². The molecule has 3 rings (SSSR count). The van der Waals surface area contributed by atoms with Crippen molar-refractivity contribution >= 4 is 34.9 Å². The van der Waals surface area contributed by atoms with Gasteiger partial charge in [-0.3, -0.25) is 14.7 Å². The van der Waals surface area contributed by atoms with Crippen LogP contribution in [0.25, 0.3) is 23.1 Å². The quantitative estimate of drug-likeness (QED) is 0.599. The molecule has 0 aliphatic rings. The smallest absolute Gasteiger partial charge is 0.251 e. The number of fused-ring (bicyclic) bond motifs is 1. The van der Waals surface area contributed by atoms with Gasteiger partial charge >= 0.3 is 0 Å². The van der Waals surface area contributed by atoms with E-state index in [1.54, 1.807) is 6.07 Å². The Morgan fingerprint density at radius 3 is 2.69 bits per heavy atom. The second-order valence-corrected chi connectivity index (χ2v) is 5.85. The summed E-state index contributed by atoms with van der Waals surface area (Å²) >= 11 is 0. The van der Waals surface area contributed by atoms with E-state index < -0.39 is 0 Å². The summed E-state index contributed by atoms with van der Waals surface area (Å²) in [4.78, 5) is 23.0. The third-order valence-corrected chi connectivity index (χ3v) is 3.87. The molecule has 6 heteroatoms. The van der Waals surface area contributed by atoms with Gasteiger partial charge in [-0.1, -0.05) is 36.4 Å². The topological polar surface area (TPSA) is 86.9 Å². The highest BCUT2D eigenvalue weighted by Crippen LogP contribution is 2.17. The Morgan fingerprint density at radius 2 is 1.85 bits per heavy atom. The fourth-order valence-electron chi connectivity index (χ4n) is 2.59. The van der Waals surface area contributed by atoms with E-state index in [0.29, 0.717) is 18.7 Å². The van der Waals surface area contributed by atoms with Crippen LogP contribution in [-0.4, -0.2) is 35.1 Å². The van der Waals surface area contributed by atoms with Crippen LogP contribution in [0.4, 0.5) is 0 Å². The molecule has 0 fully saturated rings. The van der Waals surface area contributed by atoms with E-state index >= 15 is 0 Å². The summed E-state index contributed by atoms with van der Waals surface area (Å²) < 4.78 is 0. The molecule has 0 aliphatic heterocycles. The van der Waals surface area contributed by atoms with Crippen molar-refractivity contribution in [2.24, 2.45) is 0 Å². The van der Waals surface area contributed by atoms with Gasteiger partial charge < -0.3 is 10.6 Å². The van der Waals surface area contributed by atoms with E-state index in [-0.39, 0.29) is 11.8 Å². The largest absolute Gasteiger partial charge is 0.355 e. The minimum atomic E-state index is -0.171. The lowest BCUT2D eigenvalue weighted by molar-refractivity contribution is -0.118. The number of rotatable bonds is 6. The zero-order valence-corrected chi connectivity index (χ0v) is 14.5. The van der Waals surface area contributed by atoms with Crippen LogP contribution in [0.5, 0.6) is 0 Å². The third-order valence-electron chi connectivity index (χ3n) is 3.87. The van der Waals surface area contributed by atoms with Crippen molar-refractivity contribution < 1.29 is 9.59 Å². The van der Waals surface area contributed by atoms with Gasteiger partial charge in [0, 0.05) is 31.0 Å². The number of aromatic amines is 1. The number of aromatic nitrogens is 2. The molecule has 26 heavy (non-hydrogen) atoms. The minimum absolute atomic E-state index is 0.114. The highest BCUT2D eigenvalue weighted by molar-refractivity contribution is 5.95. The average Bonchev–Trinajstić information content (AvgIpc) is 3.07. The summed E-state index contributed by atoms with van der Waals surface area (Å²) in [6.07, 6.45) is 3.85. The molecule has 3 aromatic rings. The first-order chi connectivity index (χ1) is 12.6. The van der Waals surface area contributed by atoms with Crippen LogP contribution >= 0.6 is 0 Å². The molecule has 1 aromatic heterocycles. The van der Waals surface area contributed by atoms with Crippen molar-refractivity contribution in [3.8, 4) is 0 Å². The molecule has 0 saturated heterocycles. The first kappa shape index (κ1) is 17.4. The maximum atomic E-state index is 12.2. The number of carbonyl (C=O) groups excluding carboxylic acids is 2. The van der Waals surface area contributed by atoms with E-state index in [9.17, 15) is 9.59 Å². The molecule has 2 amide bonds. The highest BCUT2D eigenvalue weighted by atomic mass is 16.2. The van der Waals surface area contributed by atoms with Gasteiger partial charge in [0.15, 0.2) is 0 Å². The number of hydrogen-bond donors (Lipinski definition) is 3. The molecule has 3 N–H and O–H groups in total. The van der Waals surface area contributed by atoms with Gasteiger partial charge in [0.2, 0.25) is 5.91 Å². The zero-order valence-electron chi connectivity index (χ0n) is 14.5. The van der Waals surface area contributed by atoms with E-state index in [4.69, 9.17) is 0 Å². The molecule has 0 unspecified atom stereocenters. The summed E-state index contributed by atoms with van der Waals surface area (Å²) in [6.45, 7) is 2.24. The Morgan fingerprint density at radius 1 is 1.04 bits per heavy atom. The molecule has 132 valence electrons. The first-order valence-corrected chi connectivity index (χ1v) is 8.37. The molecule has 0 atom stereocenters. The Kier molecular flexibility index (Phi) is 5.43. The summed E-state index contributed by atoms with van der Waals surface area (Å²) in [6, 6.07) is 15.3. The molecule has 0 bridgehead atoms. The fourth-order valence-corrected chi connectivity index (χ4v) is 2.59. The van der Waals surface area contributed by atoms with Crippen molar-refractivity contribution in [1.82, 2.24) is 20.8 Å². The van der Waals surface area contributed by atoms with Crippen LogP contribution in [-0.2, 0) is 4.79 Å². The first-order valence-electron chi connectivity index (χ1n) is 8.37. The molecule has 2 aromatic carbocycles. The number of nitrogens with zero attached hydrogens (tertiary/aromatic N) is 1. The molecular formula is C20H20N4O2. The predicted octanol–water partition coefficient (Wildman–Crippen LogP) is 2.60. The molecule has 0 saturated carbocycles. The van der Waals surface area contributed by atoms with Gasteiger partial charge in [0.1, 0.15) is 0 Å². The third kappa shape index (κ3) is 4.36. The Balaban J connectivity index is 1.67. The number of amides is 2. The summed E-state index contributed by atoms with van der Waals surface area (Å²) in [5.41, 5.74) is 3.32. The normalized spacial score (nSPS) is 11.0. The standard InChI is InChI=1S/C20H20N4O2/c1-14(25)21-11-12-22-20(26)16-6-4-5-15(13-16)9-10-19-17-7-2-3-8-18(17)23-24-19/h2-10,13H,11-12H2,1H3,(H,21,25)(H,22,26)(H,23,24)/b10-9+. The maximum absolute atomic E-state index is 12.2. The van der Waals surface area contributed by atoms with Gasteiger partial charge in [-0.2, -0.15) is 5.10 Å². The van der Waals surface area contributed by atoms with Crippen molar-refractivity contribution in [3.63, 3.8) is 0 Å². The Hall–Kier alpha value is -3.41. The van der Waals surface area contributed by atoms with Crippen molar-refractivity contribution in [3.05, 3.63) is 65.4 Å². The second kappa shape index (κ2) is 8.11. The van der Waals surface area contributed by atoms with E-state index in [1.165, 1.54) is 6.92 Å². The number of nitrogens with one attached hydrogen (secondary N) is 3. The lowest BCUT2D eigenvalue weighted by Crippen LogP contribution is -2.33. The van der Waals surface area contributed by atoms with Crippen LogP contribution in [0, 0.1) is 0 Å². The van der Waals surface area contributed by atoms with E-state index in [2.05, 4.69) is 20.8 Å². The maximum Gasteiger partial charge on any atom is 0.251 e. The fraction of sp³-hybridized carbons (Fsp3) is 0.150. The SMILES string of the molecule is CC(=O)NCCNC(=O)c1cccc(/C=C/c2n[nH]c3ccccc23)c1. The van der Waals surface area contributed by atoms with Gasteiger partial charge in [-0.05, 0) is 29.8 Å². The predicted molar refractivity (Wildman–Crippen MR) is 102 cm³/mol. The molecule has 0 spiro atoms. The molecule has 6 nitrogen and oxygen atoms in total. The Bertz CT molecular complexity index is 959. The molecule has 1 heterocycles. The number of H-pyrrole nitrogens is 1. The summed E-state index contributed by atoms with van der Waals surface area (Å²) in [7, 11) is 0. The van der Waals surface area contributed by atoms with Crippen molar-refractivity contribution in [1.29, 1.82) is 0 Å². The second-order valence-electron chi connectivity index (χ2n) is 5.85. The average molecular weight is 348 g/mol. The van der Waals surface area contributed by atoms with Crippen LogP contribution in [0.3, 0.4) is 0 Å². The summed E-state index contributed by atoms with van der Waals surface area (Å²) in [5, 5.41) is 13.8. The van der Waals surface area contributed by atoms with Gasteiger partial charge in [0.05, 0.1) is 11.2 Å². The number of carbonyl (C=O) groups is 2. The van der Waals surface area contributed by atoms with Crippen LogP contribution in [0.1, 0.15) is 28.5 Å². The molecular weight excluding hydrogens is 328 g/mol. The monoisotopic (exact) mass is 348 g/mol. The lowest BCUT2D eigenvalue weighted by atomic mass is 10.1. The zero-order chi connectivity index (χ0) is 18.4.